The summed E-state index contributed by atoms with van der Waals surface area (Å²) in [4.78, 5) is 15.9. The molecule has 1 aliphatic rings. The van der Waals surface area contributed by atoms with Crippen LogP contribution in [0.25, 0.3) is 10.1 Å². The summed E-state index contributed by atoms with van der Waals surface area (Å²) in [7, 11) is 2.15. The van der Waals surface area contributed by atoms with Gasteiger partial charge in [-0.25, -0.2) is 0 Å². The van der Waals surface area contributed by atoms with Crippen molar-refractivity contribution in [2.45, 2.75) is 32.4 Å². The minimum atomic E-state index is 0.0943. The Kier molecular flexibility index (Phi) is 5.48. The monoisotopic (exact) mass is 398 g/mol. The molecule has 1 amide bonds. The van der Waals surface area contributed by atoms with Crippen molar-refractivity contribution >= 4 is 38.9 Å². The SMILES string of the molecule is CN1CCc2ccc(Cl)c3sc(CNC(=O)CCc4ccccc4)c(c23)C1. The van der Waals surface area contributed by atoms with E-state index in [4.69, 9.17) is 11.6 Å². The quantitative estimate of drug-likeness (QED) is 0.670. The molecule has 0 atom stereocenters. The number of hydrogen-bond donors (Lipinski definition) is 1. The highest BCUT2D eigenvalue weighted by molar-refractivity contribution is 7.20. The van der Waals surface area contributed by atoms with Crippen molar-refractivity contribution in [2.75, 3.05) is 13.6 Å². The van der Waals surface area contributed by atoms with Crippen LogP contribution in [0.15, 0.2) is 42.5 Å². The van der Waals surface area contributed by atoms with Crippen LogP contribution in [0.3, 0.4) is 0 Å². The lowest BCUT2D eigenvalue weighted by atomic mass is 10.0. The molecule has 0 radical (unpaired) electrons. The molecule has 140 valence electrons. The van der Waals surface area contributed by atoms with E-state index >= 15 is 0 Å². The zero-order chi connectivity index (χ0) is 18.8. The van der Waals surface area contributed by atoms with Gasteiger partial charge in [0.1, 0.15) is 0 Å². The van der Waals surface area contributed by atoms with Crippen LogP contribution in [0.1, 0.15) is 28.0 Å². The van der Waals surface area contributed by atoms with Gasteiger partial charge >= 0.3 is 0 Å². The largest absolute Gasteiger partial charge is 0.351 e. The van der Waals surface area contributed by atoms with E-state index in [9.17, 15) is 4.79 Å². The molecule has 0 fully saturated rings. The number of nitrogens with one attached hydrogen (secondary N) is 1. The lowest BCUT2D eigenvalue weighted by molar-refractivity contribution is -0.121. The topological polar surface area (TPSA) is 32.3 Å². The average molecular weight is 399 g/mol. The Balaban J connectivity index is 1.50. The molecule has 1 aliphatic heterocycles. The summed E-state index contributed by atoms with van der Waals surface area (Å²) in [5.74, 6) is 0.0943. The first-order valence-electron chi connectivity index (χ1n) is 9.32. The Morgan fingerprint density at radius 3 is 2.85 bits per heavy atom. The number of thiophene rings is 1. The van der Waals surface area contributed by atoms with E-state index in [2.05, 4.69) is 35.5 Å². The van der Waals surface area contributed by atoms with Gasteiger partial charge in [0.15, 0.2) is 0 Å². The van der Waals surface area contributed by atoms with Gasteiger partial charge in [0.25, 0.3) is 0 Å². The predicted octanol–water partition coefficient (Wildman–Crippen LogP) is 4.79. The first kappa shape index (κ1) is 18.5. The summed E-state index contributed by atoms with van der Waals surface area (Å²) in [5.41, 5.74) is 3.89. The minimum Gasteiger partial charge on any atom is -0.351 e. The normalized spacial score (nSPS) is 14.3. The van der Waals surface area contributed by atoms with Gasteiger partial charge in [-0.15, -0.1) is 11.3 Å². The Morgan fingerprint density at radius 2 is 2.04 bits per heavy atom. The molecule has 0 aliphatic carbocycles. The number of carbonyl (C=O) groups is 1. The third-order valence-electron chi connectivity index (χ3n) is 5.18. The summed E-state index contributed by atoms with van der Waals surface area (Å²) in [5, 5.41) is 5.23. The van der Waals surface area contributed by atoms with Crippen LogP contribution in [0.4, 0.5) is 0 Å². The van der Waals surface area contributed by atoms with E-state index in [0.29, 0.717) is 13.0 Å². The van der Waals surface area contributed by atoms with E-state index < -0.39 is 0 Å². The third-order valence-corrected chi connectivity index (χ3v) is 6.87. The molecule has 0 saturated carbocycles. The molecule has 0 bridgehead atoms. The van der Waals surface area contributed by atoms with Gasteiger partial charge in [-0.2, -0.15) is 0 Å². The van der Waals surface area contributed by atoms with Crippen molar-refractivity contribution in [3.63, 3.8) is 0 Å². The predicted molar refractivity (Wildman–Crippen MR) is 113 cm³/mol. The molecule has 27 heavy (non-hydrogen) atoms. The molecule has 0 saturated heterocycles. The molecular formula is C22H23ClN2OS. The second-order valence-corrected chi connectivity index (χ2v) is 8.68. The summed E-state index contributed by atoms with van der Waals surface area (Å²) in [6, 6.07) is 14.3. The number of aryl methyl sites for hydroxylation is 1. The first-order chi connectivity index (χ1) is 13.1. The second-order valence-electron chi connectivity index (χ2n) is 7.16. The Bertz CT molecular complexity index is 967. The zero-order valence-corrected chi connectivity index (χ0v) is 17.0. The van der Waals surface area contributed by atoms with Crippen molar-refractivity contribution in [1.29, 1.82) is 0 Å². The van der Waals surface area contributed by atoms with Gasteiger partial charge in [-0.05, 0) is 42.6 Å². The number of halogens is 1. The van der Waals surface area contributed by atoms with Gasteiger partial charge in [-0.1, -0.05) is 48.0 Å². The molecule has 0 unspecified atom stereocenters. The van der Waals surface area contributed by atoms with E-state index in [1.165, 1.54) is 27.0 Å². The number of nitrogens with zero attached hydrogens (tertiary/aromatic N) is 1. The first-order valence-corrected chi connectivity index (χ1v) is 10.5. The second kappa shape index (κ2) is 8.01. The van der Waals surface area contributed by atoms with Crippen LogP contribution in [0.5, 0.6) is 0 Å². The van der Waals surface area contributed by atoms with Crippen molar-refractivity contribution in [3.05, 3.63) is 69.1 Å². The number of benzene rings is 2. The van der Waals surface area contributed by atoms with Crippen LogP contribution in [0.2, 0.25) is 5.02 Å². The van der Waals surface area contributed by atoms with E-state index in [1.807, 2.05) is 24.3 Å². The minimum absolute atomic E-state index is 0.0943. The van der Waals surface area contributed by atoms with Crippen LogP contribution in [-0.4, -0.2) is 24.4 Å². The molecule has 2 aromatic carbocycles. The van der Waals surface area contributed by atoms with Crippen molar-refractivity contribution in [2.24, 2.45) is 0 Å². The Hall–Kier alpha value is -1.88. The highest BCUT2D eigenvalue weighted by Gasteiger charge is 2.21. The lowest BCUT2D eigenvalue weighted by Crippen LogP contribution is -2.24. The number of hydrogen-bond acceptors (Lipinski definition) is 3. The van der Waals surface area contributed by atoms with Gasteiger partial charge < -0.3 is 10.2 Å². The molecule has 1 N–H and O–H groups in total. The maximum atomic E-state index is 12.3. The van der Waals surface area contributed by atoms with E-state index in [0.717, 1.165) is 35.7 Å². The lowest BCUT2D eigenvalue weighted by Gasteiger charge is -2.14. The maximum absolute atomic E-state index is 12.3. The van der Waals surface area contributed by atoms with Gasteiger partial charge in [0.05, 0.1) is 16.3 Å². The highest BCUT2D eigenvalue weighted by atomic mass is 35.5. The Labute approximate surface area is 168 Å². The van der Waals surface area contributed by atoms with E-state index in [-0.39, 0.29) is 5.91 Å². The molecule has 0 spiro atoms. The fourth-order valence-electron chi connectivity index (χ4n) is 3.70. The van der Waals surface area contributed by atoms with Crippen molar-refractivity contribution < 1.29 is 4.79 Å². The van der Waals surface area contributed by atoms with Crippen molar-refractivity contribution in [3.8, 4) is 0 Å². The third kappa shape index (κ3) is 4.03. The number of carbonyl (C=O) groups excluding carboxylic acids is 1. The van der Waals surface area contributed by atoms with E-state index in [1.54, 1.807) is 11.3 Å². The maximum Gasteiger partial charge on any atom is 0.220 e. The van der Waals surface area contributed by atoms with Gasteiger partial charge in [0, 0.05) is 29.8 Å². The molecule has 3 aromatic rings. The molecular weight excluding hydrogens is 376 g/mol. The average Bonchev–Trinajstić information content (AvgIpc) is 2.95. The summed E-state index contributed by atoms with van der Waals surface area (Å²) in [6.07, 6.45) is 2.32. The fraction of sp³-hybridized carbons (Fsp3) is 0.318. The fourth-order valence-corrected chi connectivity index (χ4v) is 5.18. The Morgan fingerprint density at radius 1 is 1.22 bits per heavy atom. The van der Waals surface area contributed by atoms with Crippen LogP contribution in [-0.2, 0) is 30.7 Å². The molecule has 1 aromatic heterocycles. The number of rotatable bonds is 5. The van der Waals surface area contributed by atoms with Crippen LogP contribution < -0.4 is 5.32 Å². The van der Waals surface area contributed by atoms with Crippen molar-refractivity contribution in [1.82, 2.24) is 10.2 Å². The summed E-state index contributed by atoms with van der Waals surface area (Å²) >= 11 is 8.20. The van der Waals surface area contributed by atoms with Gasteiger partial charge in [-0.3, -0.25) is 4.79 Å². The van der Waals surface area contributed by atoms with Crippen LogP contribution >= 0.6 is 22.9 Å². The number of likely N-dealkylation sites (N-methyl/N-ethyl adjacent to an activating group) is 1. The summed E-state index contributed by atoms with van der Waals surface area (Å²) in [6.45, 7) is 2.52. The molecule has 5 heteroatoms. The standard InChI is InChI=1S/C22H23ClN2OS/c1-25-12-11-16-8-9-18(23)22-21(16)17(14-25)19(27-22)13-24-20(26)10-7-15-5-3-2-4-6-15/h2-6,8-9H,7,10-14H2,1H3,(H,24,26). The zero-order valence-electron chi connectivity index (χ0n) is 15.4. The number of amides is 1. The molecule has 3 nitrogen and oxygen atoms in total. The van der Waals surface area contributed by atoms with Crippen LogP contribution in [0, 0.1) is 0 Å². The summed E-state index contributed by atoms with van der Waals surface area (Å²) < 4.78 is 1.16. The molecule has 4 rings (SSSR count). The van der Waals surface area contributed by atoms with Gasteiger partial charge in [0.2, 0.25) is 5.91 Å². The highest BCUT2D eigenvalue weighted by Crippen LogP contribution is 2.40. The smallest absolute Gasteiger partial charge is 0.220 e. The molecule has 2 heterocycles.